The highest BCUT2D eigenvalue weighted by molar-refractivity contribution is 6.30. The molecule has 0 saturated carbocycles. The number of benzene rings is 1. The van der Waals surface area contributed by atoms with Gasteiger partial charge >= 0.3 is 0 Å². The first-order valence-electron chi connectivity index (χ1n) is 7.67. The largest absolute Gasteiger partial charge is 0.329 e. The lowest BCUT2D eigenvalue weighted by molar-refractivity contribution is 0.122. The molecule has 1 aromatic rings. The van der Waals surface area contributed by atoms with Crippen LogP contribution >= 0.6 is 11.6 Å². The van der Waals surface area contributed by atoms with Crippen molar-refractivity contribution in [2.45, 2.75) is 58.0 Å². The van der Waals surface area contributed by atoms with E-state index in [2.05, 4.69) is 37.9 Å². The Morgan fingerprint density at radius 3 is 2.35 bits per heavy atom. The van der Waals surface area contributed by atoms with E-state index in [-0.39, 0.29) is 5.54 Å². The van der Waals surface area contributed by atoms with Crippen LogP contribution < -0.4 is 5.73 Å². The van der Waals surface area contributed by atoms with Gasteiger partial charge in [-0.05, 0) is 38.1 Å². The molecule has 0 aromatic heterocycles. The molecule has 0 aliphatic carbocycles. The third kappa shape index (κ3) is 5.43. The second kappa shape index (κ2) is 8.66. The molecule has 0 bridgehead atoms. The molecule has 1 unspecified atom stereocenters. The van der Waals surface area contributed by atoms with E-state index in [1.807, 2.05) is 12.1 Å². The Hall–Kier alpha value is -0.570. The van der Waals surface area contributed by atoms with Crippen LogP contribution in [0.5, 0.6) is 0 Å². The Balaban J connectivity index is 2.55. The molecule has 1 atom stereocenters. The van der Waals surface area contributed by atoms with Crippen LogP contribution in [-0.2, 0) is 6.54 Å². The zero-order chi connectivity index (χ0) is 15.0. The smallest absolute Gasteiger partial charge is 0.0406 e. The normalized spacial score (nSPS) is 14.5. The van der Waals surface area contributed by atoms with E-state index in [1.165, 1.54) is 31.2 Å². The van der Waals surface area contributed by atoms with Crippen LogP contribution in [0.25, 0.3) is 0 Å². The van der Waals surface area contributed by atoms with E-state index in [9.17, 15) is 0 Å². The van der Waals surface area contributed by atoms with Crippen molar-refractivity contribution >= 4 is 11.6 Å². The Labute approximate surface area is 129 Å². The summed E-state index contributed by atoms with van der Waals surface area (Å²) in [6, 6.07) is 8.08. The van der Waals surface area contributed by atoms with Crippen molar-refractivity contribution < 1.29 is 0 Å². The minimum Gasteiger partial charge on any atom is -0.329 e. The predicted octanol–water partition coefficient (Wildman–Crippen LogP) is 4.46. The number of nitrogens with zero attached hydrogens (tertiary/aromatic N) is 1. The zero-order valence-electron chi connectivity index (χ0n) is 13.2. The van der Waals surface area contributed by atoms with Crippen LogP contribution in [0.2, 0.25) is 5.02 Å². The number of unbranched alkanes of at least 4 members (excludes halogenated alkanes) is 3. The van der Waals surface area contributed by atoms with Gasteiger partial charge in [-0.1, -0.05) is 56.3 Å². The molecule has 1 rings (SSSR count). The number of likely N-dealkylation sites (N-methyl/N-ethyl adjacent to an activating group) is 1. The molecule has 1 aromatic carbocycles. The fourth-order valence-corrected chi connectivity index (χ4v) is 2.56. The molecule has 20 heavy (non-hydrogen) atoms. The summed E-state index contributed by atoms with van der Waals surface area (Å²) < 4.78 is 0. The summed E-state index contributed by atoms with van der Waals surface area (Å²) in [4.78, 5) is 2.38. The Morgan fingerprint density at radius 1 is 1.15 bits per heavy atom. The first kappa shape index (κ1) is 17.5. The number of rotatable bonds is 9. The zero-order valence-corrected chi connectivity index (χ0v) is 13.9. The summed E-state index contributed by atoms with van der Waals surface area (Å²) in [6.45, 7) is 6.13. The molecule has 0 aliphatic rings. The maximum Gasteiger partial charge on any atom is 0.0406 e. The Bertz CT molecular complexity index is 377. The van der Waals surface area contributed by atoms with E-state index in [0.717, 1.165) is 18.0 Å². The molecule has 0 heterocycles. The molecule has 0 fully saturated rings. The number of hydrogen-bond acceptors (Lipinski definition) is 2. The van der Waals surface area contributed by atoms with Gasteiger partial charge in [0.25, 0.3) is 0 Å². The van der Waals surface area contributed by atoms with Crippen LogP contribution in [0.15, 0.2) is 24.3 Å². The van der Waals surface area contributed by atoms with Gasteiger partial charge in [0.2, 0.25) is 0 Å². The van der Waals surface area contributed by atoms with Gasteiger partial charge in [0.1, 0.15) is 0 Å². The second-order valence-electron chi connectivity index (χ2n) is 5.99. The lowest BCUT2D eigenvalue weighted by Gasteiger charge is -2.38. The van der Waals surface area contributed by atoms with Gasteiger partial charge < -0.3 is 5.73 Å². The second-order valence-corrected chi connectivity index (χ2v) is 6.43. The molecule has 0 saturated heterocycles. The molecule has 114 valence electrons. The quantitative estimate of drug-likeness (QED) is 0.682. The van der Waals surface area contributed by atoms with E-state index in [1.54, 1.807) is 0 Å². The van der Waals surface area contributed by atoms with Crippen molar-refractivity contribution in [3.8, 4) is 0 Å². The summed E-state index contributed by atoms with van der Waals surface area (Å²) in [7, 11) is 2.17. The highest BCUT2D eigenvalue weighted by Gasteiger charge is 2.26. The van der Waals surface area contributed by atoms with E-state index in [4.69, 9.17) is 17.3 Å². The first-order valence-corrected chi connectivity index (χ1v) is 8.05. The molecule has 0 spiro atoms. The van der Waals surface area contributed by atoms with E-state index in [0.29, 0.717) is 6.54 Å². The third-order valence-corrected chi connectivity index (χ3v) is 4.52. The maximum atomic E-state index is 6.04. The van der Waals surface area contributed by atoms with Crippen LogP contribution in [-0.4, -0.2) is 24.0 Å². The maximum absolute atomic E-state index is 6.04. The van der Waals surface area contributed by atoms with Gasteiger partial charge in [-0.2, -0.15) is 0 Å². The standard InChI is InChI=1S/C17H29ClN2/c1-4-5-6-7-12-17(2,14-19)20(3)13-15-8-10-16(18)11-9-15/h8-11H,4-7,12-14,19H2,1-3H3. The molecule has 0 radical (unpaired) electrons. The van der Waals surface area contributed by atoms with Crippen LogP contribution in [0.3, 0.4) is 0 Å². The Morgan fingerprint density at radius 2 is 1.80 bits per heavy atom. The average molecular weight is 297 g/mol. The molecule has 0 amide bonds. The molecule has 0 aliphatic heterocycles. The van der Waals surface area contributed by atoms with Gasteiger partial charge in [0, 0.05) is 23.7 Å². The third-order valence-electron chi connectivity index (χ3n) is 4.26. The van der Waals surface area contributed by atoms with Gasteiger partial charge in [0.15, 0.2) is 0 Å². The van der Waals surface area contributed by atoms with Crippen LogP contribution in [0, 0.1) is 0 Å². The summed E-state index contributed by atoms with van der Waals surface area (Å²) >= 11 is 5.93. The van der Waals surface area contributed by atoms with Gasteiger partial charge in [-0.3, -0.25) is 4.90 Å². The van der Waals surface area contributed by atoms with Gasteiger partial charge in [-0.15, -0.1) is 0 Å². The van der Waals surface area contributed by atoms with Crippen molar-refractivity contribution in [3.05, 3.63) is 34.9 Å². The van der Waals surface area contributed by atoms with Crippen molar-refractivity contribution in [1.82, 2.24) is 4.90 Å². The fourth-order valence-electron chi connectivity index (χ4n) is 2.44. The lowest BCUT2D eigenvalue weighted by Crippen LogP contribution is -2.49. The number of halogens is 1. The van der Waals surface area contributed by atoms with Crippen LogP contribution in [0.1, 0.15) is 51.5 Å². The van der Waals surface area contributed by atoms with Gasteiger partial charge in [-0.25, -0.2) is 0 Å². The minimum atomic E-state index is 0.0768. The minimum absolute atomic E-state index is 0.0768. The summed E-state index contributed by atoms with van der Waals surface area (Å²) in [5.41, 5.74) is 7.40. The highest BCUT2D eigenvalue weighted by Crippen LogP contribution is 2.23. The molecular formula is C17H29ClN2. The topological polar surface area (TPSA) is 29.3 Å². The SMILES string of the molecule is CCCCCCC(C)(CN)N(C)Cc1ccc(Cl)cc1. The predicted molar refractivity (Wildman–Crippen MR) is 89.1 cm³/mol. The summed E-state index contributed by atoms with van der Waals surface area (Å²) in [5.74, 6) is 0. The molecule has 3 heteroatoms. The number of nitrogens with two attached hydrogens (primary N) is 1. The van der Waals surface area contributed by atoms with Crippen molar-refractivity contribution in [2.75, 3.05) is 13.6 Å². The number of hydrogen-bond donors (Lipinski definition) is 1. The van der Waals surface area contributed by atoms with Gasteiger partial charge in [0.05, 0.1) is 0 Å². The molecular weight excluding hydrogens is 268 g/mol. The Kier molecular flexibility index (Phi) is 7.57. The average Bonchev–Trinajstić information content (AvgIpc) is 2.45. The monoisotopic (exact) mass is 296 g/mol. The lowest BCUT2D eigenvalue weighted by atomic mass is 9.92. The van der Waals surface area contributed by atoms with E-state index >= 15 is 0 Å². The van der Waals surface area contributed by atoms with Crippen molar-refractivity contribution in [3.63, 3.8) is 0 Å². The molecule has 2 N–H and O–H groups in total. The first-order chi connectivity index (χ1) is 9.51. The highest BCUT2D eigenvalue weighted by atomic mass is 35.5. The molecule has 2 nitrogen and oxygen atoms in total. The fraction of sp³-hybridized carbons (Fsp3) is 0.647. The summed E-state index contributed by atoms with van der Waals surface area (Å²) in [6.07, 6.45) is 6.32. The summed E-state index contributed by atoms with van der Waals surface area (Å²) in [5, 5.41) is 0.789. The van der Waals surface area contributed by atoms with E-state index < -0.39 is 0 Å². The van der Waals surface area contributed by atoms with Crippen molar-refractivity contribution in [2.24, 2.45) is 5.73 Å². The van der Waals surface area contributed by atoms with Crippen LogP contribution in [0.4, 0.5) is 0 Å². The van der Waals surface area contributed by atoms with Crippen molar-refractivity contribution in [1.29, 1.82) is 0 Å².